The van der Waals surface area contributed by atoms with E-state index in [0.29, 0.717) is 18.6 Å². The van der Waals surface area contributed by atoms with Gasteiger partial charge in [0.15, 0.2) is 0 Å². The summed E-state index contributed by atoms with van der Waals surface area (Å²) in [5.74, 6) is 1.55. The lowest BCUT2D eigenvalue weighted by atomic mass is 10.1. The molecule has 0 fully saturated rings. The first-order valence-corrected chi connectivity index (χ1v) is 6.68. The molecule has 0 heterocycles. The molecule has 0 amide bonds. The van der Waals surface area contributed by atoms with Crippen LogP contribution in [0.2, 0.25) is 0 Å². The Hall–Kier alpha value is -1.22. The molecule has 3 nitrogen and oxygen atoms in total. The van der Waals surface area contributed by atoms with Gasteiger partial charge in [-0.25, -0.2) is 0 Å². The number of hydrogen-bond acceptors (Lipinski definition) is 3. The van der Waals surface area contributed by atoms with Gasteiger partial charge in [-0.3, -0.25) is 0 Å². The van der Waals surface area contributed by atoms with Gasteiger partial charge in [0.1, 0.15) is 5.75 Å². The van der Waals surface area contributed by atoms with Crippen LogP contribution in [0.1, 0.15) is 33.6 Å². The van der Waals surface area contributed by atoms with Gasteiger partial charge in [0.25, 0.3) is 0 Å². The summed E-state index contributed by atoms with van der Waals surface area (Å²) in [6, 6.07) is 7.46. The highest BCUT2D eigenvalue weighted by atomic mass is 16.5. The van der Waals surface area contributed by atoms with Gasteiger partial charge in [0, 0.05) is 12.1 Å². The van der Waals surface area contributed by atoms with Crippen LogP contribution in [0.15, 0.2) is 24.3 Å². The molecule has 1 aromatic rings. The second-order valence-corrected chi connectivity index (χ2v) is 5.08. The normalized spacial score (nSPS) is 12.7. The number of nitrogens with two attached hydrogens (primary N) is 1. The van der Waals surface area contributed by atoms with Crippen LogP contribution in [0.5, 0.6) is 5.75 Å². The van der Waals surface area contributed by atoms with E-state index in [1.54, 1.807) is 0 Å². The molecule has 2 N–H and O–H groups in total. The number of ether oxygens (including phenoxy) is 2. The second kappa shape index (κ2) is 7.98. The molecule has 0 aliphatic carbocycles. The van der Waals surface area contributed by atoms with Crippen molar-refractivity contribution in [1.29, 1.82) is 0 Å². The molecule has 3 heteroatoms. The van der Waals surface area contributed by atoms with Crippen LogP contribution in [-0.4, -0.2) is 19.3 Å². The van der Waals surface area contributed by atoms with Crippen LogP contribution in [0.25, 0.3) is 0 Å². The largest absolute Gasteiger partial charge is 0.494 e. The van der Waals surface area contributed by atoms with Crippen molar-refractivity contribution in [2.45, 2.75) is 39.7 Å². The molecule has 1 atom stereocenters. The molecule has 18 heavy (non-hydrogen) atoms. The molecular weight excluding hydrogens is 226 g/mol. The van der Waals surface area contributed by atoms with E-state index in [0.717, 1.165) is 30.9 Å². The average Bonchev–Trinajstić information content (AvgIpc) is 2.30. The fourth-order valence-corrected chi connectivity index (χ4v) is 1.83. The van der Waals surface area contributed by atoms with Gasteiger partial charge in [-0.05, 0) is 43.5 Å². The SMILES string of the molecule is CC(C)CC(C)OCCCOc1ccc(N)cc1. The molecule has 1 rings (SSSR count). The van der Waals surface area contributed by atoms with Crippen LogP contribution in [0, 0.1) is 5.92 Å². The average molecular weight is 251 g/mol. The molecular formula is C15H25NO2. The van der Waals surface area contributed by atoms with E-state index >= 15 is 0 Å². The molecule has 102 valence electrons. The first kappa shape index (κ1) is 14.8. The predicted octanol–water partition coefficient (Wildman–Crippen LogP) is 3.49. The Bertz CT molecular complexity index is 322. The maximum Gasteiger partial charge on any atom is 0.119 e. The van der Waals surface area contributed by atoms with Crippen LogP contribution in [0.4, 0.5) is 5.69 Å². The molecule has 1 aromatic carbocycles. The van der Waals surface area contributed by atoms with Gasteiger partial charge < -0.3 is 15.2 Å². The second-order valence-electron chi connectivity index (χ2n) is 5.08. The molecule has 0 aromatic heterocycles. The number of hydrogen-bond donors (Lipinski definition) is 1. The maximum atomic E-state index is 5.71. The smallest absolute Gasteiger partial charge is 0.119 e. The molecule has 0 aliphatic heterocycles. The molecule has 0 bridgehead atoms. The minimum atomic E-state index is 0.335. The quantitative estimate of drug-likeness (QED) is 0.568. The van der Waals surface area contributed by atoms with Gasteiger partial charge in [-0.1, -0.05) is 13.8 Å². The minimum absolute atomic E-state index is 0.335. The van der Waals surface area contributed by atoms with Gasteiger partial charge in [0.2, 0.25) is 0 Å². The maximum absolute atomic E-state index is 5.71. The van der Waals surface area contributed by atoms with Crippen molar-refractivity contribution in [1.82, 2.24) is 0 Å². The number of rotatable bonds is 8. The summed E-state index contributed by atoms with van der Waals surface area (Å²) in [5, 5.41) is 0. The van der Waals surface area contributed by atoms with Crippen molar-refractivity contribution in [2.24, 2.45) is 5.92 Å². The predicted molar refractivity (Wildman–Crippen MR) is 75.8 cm³/mol. The highest BCUT2D eigenvalue weighted by Gasteiger charge is 2.04. The summed E-state index contributed by atoms with van der Waals surface area (Å²) in [4.78, 5) is 0. The van der Waals surface area contributed by atoms with Gasteiger partial charge in [-0.15, -0.1) is 0 Å². The third-order valence-electron chi connectivity index (χ3n) is 2.64. The summed E-state index contributed by atoms with van der Waals surface area (Å²) in [6.45, 7) is 7.98. The number of nitrogen functional groups attached to an aromatic ring is 1. The van der Waals surface area contributed by atoms with Gasteiger partial charge >= 0.3 is 0 Å². The molecule has 0 spiro atoms. The van der Waals surface area contributed by atoms with Crippen LogP contribution < -0.4 is 10.5 Å². The lowest BCUT2D eigenvalue weighted by molar-refractivity contribution is 0.0447. The first-order valence-electron chi connectivity index (χ1n) is 6.68. The molecule has 0 aliphatic rings. The summed E-state index contributed by atoms with van der Waals surface area (Å²) in [5.41, 5.74) is 6.36. The zero-order chi connectivity index (χ0) is 13.4. The fraction of sp³-hybridized carbons (Fsp3) is 0.600. The van der Waals surface area contributed by atoms with Crippen LogP contribution in [-0.2, 0) is 4.74 Å². The first-order chi connectivity index (χ1) is 8.58. The van der Waals surface area contributed by atoms with Crippen molar-refractivity contribution >= 4 is 5.69 Å². The minimum Gasteiger partial charge on any atom is -0.494 e. The fourth-order valence-electron chi connectivity index (χ4n) is 1.83. The highest BCUT2D eigenvalue weighted by Crippen LogP contribution is 2.13. The highest BCUT2D eigenvalue weighted by molar-refractivity contribution is 5.41. The summed E-state index contributed by atoms with van der Waals surface area (Å²) < 4.78 is 11.3. The zero-order valence-corrected chi connectivity index (χ0v) is 11.7. The molecule has 0 saturated heterocycles. The van der Waals surface area contributed by atoms with Crippen molar-refractivity contribution in [3.63, 3.8) is 0 Å². The summed E-state index contributed by atoms with van der Waals surface area (Å²) in [6.07, 6.45) is 2.35. The van der Waals surface area contributed by atoms with E-state index in [2.05, 4.69) is 20.8 Å². The van der Waals surface area contributed by atoms with Crippen molar-refractivity contribution < 1.29 is 9.47 Å². The lowest BCUT2D eigenvalue weighted by Crippen LogP contribution is -2.13. The Morgan fingerprint density at radius 2 is 1.72 bits per heavy atom. The molecule has 0 radical (unpaired) electrons. The van der Waals surface area contributed by atoms with E-state index in [1.807, 2.05) is 24.3 Å². The number of benzene rings is 1. The summed E-state index contributed by atoms with van der Waals surface area (Å²) >= 11 is 0. The van der Waals surface area contributed by atoms with Gasteiger partial charge in [-0.2, -0.15) is 0 Å². The van der Waals surface area contributed by atoms with E-state index in [4.69, 9.17) is 15.2 Å². The van der Waals surface area contributed by atoms with Crippen molar-refractivity contribution in [3.05, 3.63) is 24.3 Å². The number of anilines is 1. The Balaban J connectivity index is 2.06. The Kier molecular flexibility index (Phi) is 6.58. The Morgan fingerprint density at radius 3 is 2.33 bits per heavy atom. The topological polar surface area (TPSA) is 44.5 Å². The van der Waals surface area contributed by atoms with E-state index in [-0.39, 0.29) is 0 Å². The Morgan fingerprint density at radius 1 is 1.06 bits per heavy atom. The van der Waals surface area contributed by atoms with Crippen LogP contribution >= 0.6 is 0 Å². The zero-order valence-electron chi connectivity index (χ0n) is 11.7. The molecule has 0 saturated carbocycles. The summed E-state index contributed by atoms with van der Waals surface area (Å²) in [7, 11) is 0. The molecule has 1 unspecified atom stereocenters. The van der Waals surface area contributed by atoms with E-state index < -0.39 is 0 Å². The lowest BCUT2D eigenvalue weighted by Gasteiger charge is -2.15. The van der Waals surface area contributed by atoms with E-state index in [1.165, 1.54) is 0 Å². The third kappa shape index (κ3) is 6.50. The van der Waals surface area contributed by atoms with E-state index in [9.17, 15) is 0 Å². The monoisotopic (exact) mass is 251 g/mol. The third-order valence-corrected chi connectivity index (χ3v) is 2.64. The van der Waals surface area contributed by atoms with Gasteiger partial charge in [0.05, 0.1) is 19.3 Å². The Labute approximate surface area is 110 Å². The van der Waals surface area contributed by atoms with Crippen molar-refractivity contribution in [3.8, 4) is 5.75 Å². The standard InChI is InChI=1S/C15H25NO2/c1-12(2)11-13(3)17-9-4-10-18-15-7-5-14(16)6-8-15/h5-8,12-13H,4,9-11,16H2,1-3H3. The van der Waals surface area contributed by atoms with Crippen LogP contribution in [0.3, 0.4) is 0 Å². The van der Waals surface area contributed by atoms with Crippen molar-refractivity contribution in [2.75, 3.05) is 18.9 Å².